The highest BCUT2D eigenvalue weighted by molar-refractivity contribution is 7.17. The van der Waals surface area contributed by atoms with Crippen LogP contribution in [0.3, 0.4) is 0 Å². The Labute approximate surface area is 191 Å². The maximum Gasteiger partial charge on any atom is 0.338 e. The zero-order chi connectivity index (χ0) is 21.9. The van der Waals surface area contributed by atoms with Gasteiger partial charge in [0, 0.05) is 16.6 Å². The van der Waals surface area contributed by atoms with Gasteiger partial charge in [0.2, 0.25) is 0 Å². The van der Waals surface area contributed by atoms with Gasteiger partial charge in [-0.25, -0.2) is 14.8 Å². The average Bonchev–Trinajstić information content (AvgIpc) is 3.28. The third-order valence-corrected chi connectivity index (χ3v) is 6.71. The van der Waals surface area contributed by atoms with Crippen LogP contribution in [-0.4, -0.2) is 22.5 Å². The summed E-state index contributed by atoms with van der Waals surface area (Å²) < 4.78 is 5.27. The summed E-state index contributed by atoms with van der Waals surface area (Å²) in [6.07, 6.45) is 7.23. The molecule has 2 heterocycles. The second-order valence-electron chi connectivity index (χ2n) is 8.08. The van der Waals surface area contributed by atoms with Crippen molar-refractivity contribution in [2.24, 2.45) is 0 Å². The Hall–Kier alpha value is -3.25. The fraction of sp³-hybridized carbons (Fsp3) is 0.269. The van der Waals surface area contributed by atoms with Gasteiger partial charge in [0.1, 0.15) is 17.0 Å². The van der Waals surface area contributed by atoms with Crippen molar-refractivity contribution in [2.45, 2.75) is 39.0 Å². The van der Waals surface area contributed by atoms with Crippen molar-refractivity contribution in [1.29, 1.82) is 0 Å². The summed E-state index contributed by atoms with van der Waals surface area (Å²) in [5, 5.41) is 6.57. The number of anilines is 2. The minimum absolute atomic E-state index is 0.311. The zero-order valence-corrected chi connectivity index (χ0v) is 18.9. The number of fused-ring (bicyclic) bond motifs is 2. The quantitative estimate of drug-likeness (QED) is 0.342. The molecule has 1 N–H and O–H groups in total. The SMILES string of the molecule is CCCOC(=O)c1cccc(Nc2ncnc3scc(-c4ccc5c(c4)CCCC5)c23)c1. The molecule has 2 aromatic heterocycles. The summed E-state index contributed by atoms with van der Waals surface area (Å²) >= 11 is 1.62. The smallest absolute Gasteiger partial charge is 0.338 e. The first-order chi connectivity index (χ1) is 15.7. The number of aryl methyl sites for hydroxylation is 2. The van der Waals surface area contributed by atoms with Gasteiger partial charge in [-0.3, -0.25) is 0 Å². The third kappa shape index (κ3) is 4.10. The van der Waals surface area contributed by atoms with Gasteiger partial charge in [-0.05, 0) is 67.0 Å². The number of carbonyl (C=O) groups is 1. The van der Waals surface area contributed by atoms with Gasteiger partial charge in [0.25, 0.3) is 0 Å². The van der Waals surface area contributed by atoms with Gasteiger partial charge in [-0.1, -0.05) is 31.2 Å². The van der Waals surface area contributed by atoms with Gasteiger partial charge < -0.3 is 10.1 Å². The summed E-state index contributed by atoms with van der Waals surface area (Å²) in [5.41, 5.74) is 6.58. The number of benzene rings is 2. The standard InChI is InChI=1S/C26H25N3O2S/c1-2-12-31-26(30)20-8-5-9-21(14-20)29-24-23-22(15-32-25(23)28-16-27-24)19-11-10-17-6-3-4-7-18(17)13-19/h5,8-11,13-16H,2-4,6-7,12H2,1H3,(H,27,28,29). The zero-order valence-electron chi connectivity index (χ0n) is 18.1. The molecular weight excluding hydrogens is 418 g/mol. The molecule has 5 nitrogen and oxygen atoms in total. The van der Waals surface area contributed by atoms with Crippen molar-refractivity contribution in [3.05, 3.63) is 70.9 Å². The number of esters is 1. The lowest BCUT2D eigenvalue weighted by Crippen LogP contribution is -2.06. The summed E-state index contributed by atoms with van der Waals surface area (Å²) in [4.78, 5) is 22.2. The van der Waals surface area contributed by atoms with Gasteiger partial charge >= 0.3 is 5.97 Å². The van der Waals surface area contributed by atoms with Gasteiger partial charge in [-0.15, -0.1) is 11.3 Å². The highest BCUT2D eigenvalue weighted by Gasteiger charge is 2.16. The van der Waals surface area contributed by atoms with Crippen LogP contribution in [0.25, 0.3) is 21.3 Å². The van der Waals surface area contributed by atoms with Crippen LogP contribution in [0.4, 0.5) is 11.5 Å². The Kier molecular flexibility index (Phi) is 5.86. The van der Waals surface area contributed by atoms with E-state index in [-0.39, 0.29) is 5.97 Å². The van der Waals surface area contributed by atoms with E-state index in [1.165, 1.54) is 36.0 Å². The largest absolute Gasteiger partial charge is 0.462 e. The molecule has 0 unspecified atom stereocenters. The highest BCUT2D eigenvalue weighted by Crippen LogP contribution is 2.38. The minimum atomic E-state index is -0.311. The summed E-state index contributed by atoms with van der Waals surface area (Å²) in [6, 6.07) is 14.2. The Morgan fingerprint density at radius 2 is 1.97 bits per heavy atom. The number of carbonyl (C=O) groups excluding carboxylic acids is 1. The highest BCUT2D eigenvalue weighted by atomic mass is 32.1. The van der Waals surface area contributed by atoms with Crippen molar-refractivity contribution < 1.29 is 9.53 Å². The molecule has 6 heteroatoms. The topological polar surface area (TPSA) is 64.1 Å². The van der Waals surface area contributed by atoms with E-state index in [1.807, 2.05) is 19.1 Å². The lowest BCUT2D eigenvalue weighted by molar-refractivity contribution is 0.0505. The Morgan fingerprint density at radius 3 is 2.84 bits per heavy atom. The van der Waals surface area contributed by atoms with Crippen LogP contribution in [0, 0.1) is 0 Å². The number of thiophene rings is 1. The van der Waals surface area contributed by atoms with Gasteiger partial charge in [-0.2, -0.15) is 0 Å². The number of hydrogen-bond donors (Lipinski definition) is 1. The molecule has 0 amide bonds. The van der Waals surface area contributed by atoms with Gasteiger partial charge in [0.15, 0.2) is 0 Å². The first kappa shape index (κ1) is 20.6. The molecule has 0 bridgehead atoms. The van der Waals surface area contributed by atoms with Crippen LogP contribution < -0.4 is 5.32 Å². The third-order valence-electron chi connectivity index (χ3n) is 5.83. The van der Waals surface area contributed by atoms with E-state index in [0.29, 0.717) is 12.2 Å². The second-order valence-corrected chi connectivity index (χ2v) is 8.94. The van der Waals surface area contributed by atoms with Crippen molar-refractivity contribution in [2.75, 3.05) is 11.9 Å². The fourth-order valence-corrected chi connectivity index (χ4v) is 5.14. The molecule has 0 radical (unpaired) electrons. The van der Waals surface area contributed by atoms with Crippen LogP contribution in [0.1, 0.15) is 47.7 Å². The molecule has 0 fully saturated rings. The van der Waals surface area contributed by atoms with Crippen molar-refractivity contribution in [1.82, 2.24) is 9.97 Å². The fourth-order valence-electron chi connectivity index (χ4n) is 4.22. The molecule has 0 atom stereocenters. The summed E-state index contributed by atoms with van der Waals surface area (Å²) in [7, 11) is 0. The van der Waals surface area contributed by atoms with Gasteiger partial charge in [0.05, 0.1) is 17.6 Å². The normalized spacial score (nSPS) is 13.0. The monoisotopic (exact) mass is 443 g/mol. The minimum Gasteiger partial charge on any atom is -0.462 e. The summed E-state index contributed by atoms with van der Waals surface area (Å²) in [5.74, 6) is 0.427. The van der Waals surface area contributed by atoms with E-state index in [1.54, 1.807) is 29.8 Å². The molecule has 0 saturated carbocycles. The van der Waals surface area contributed by atoms with Crippen LogP contribution in [0.2, 0.25) is 0 Å². The van der Waals surface area contributed by atoms with Crippen LogP contribution in [0.15, 0.2) is 54.2 Å². The second kappa shape index (κ2) is 9.09. The van der Waals surface area contributed by atoms with E-state index >= 15 is 0 Å². The van der Waals surface area contributed by atoms with E-state index in [2.05, 4.69) is 38.9 Å². The molecule has 1 aliphatic rings. The number of rotatable bonds is 6. The van der Waals surface area contributed by atoms with E-state index in [4.69, 9.17) is 4.74 Å². The van der Waals surface area contributed by atoms with Crippen molar-refractivity contribution >= 4 is 39.0 Å². The lowest BCUT2D eigenvalue weighted by Gasteiger charge is -2.16. The molecule has 2 aromatic carbocycles. The van der Waals surface area contributed by atoms with Crippen LogP contribution >= 0.6 is 11.3 Å². The molecule has 4 aromatic rings. The predicted molar refractivity (Wildman–Crippen MR) is 130 cm³/mol. The van der Waals surface area contributed by atoms with E-state index in [9.17, 15) is 4.79 Å². The maximum absolute atomic E-state index is 12.3. The van der Waals surface area contributed by atoms with Crippen molar-refractivity contribution in [3.8, 4) is 11.1 Å². The number of nitrogens with zero attached hydrogens (tertiary/aromatic N) is 2. The molecular formula is C26H25N3O2S. The average molecular weight is 444 g/mol. The van der Waals surface area contributed by atoms with Crippen LogP contribution in [-0.2, 0) is 17.6 Å². The molecule has 1 aliphatic carbocycles. The predicted octanol–water partition coefficient (Wildman–Crippen LogP) is 6.55. The number of aromatic nitrogens is 2. The Morgan fingerprint density at radius 1 is 1.09 bits per heavy atom. The molecule has 0 saturated heterocycles. The maximum atomic E-state index is 12.3. The van der Waals surface area contributed by atoms with E-state index < -0.39 is 0 Å². The molecule has 5 rings (SSSR count). The van der Waals surface area contributed by atoms with Crippen molar-refractivity contribution in [3.63, 3.8) is 0 Å². The summed E-state index contributed by atoms with van der Waals surface area (Å²) in [6.45, 7) is 2.40. The molecule has 0 spiro atoms. The number of nitrogens with one attached hydrogen (secondary N) is 1. The molecule has 0 aliphatic heterocycles. The number of ether oxygens (including phenoxy) is 1. The van der Waals surface area contributed by atoms with Crippen LogP contribution in [0.5, 0.6) is 0 Å². The first-order valence-electron chi connectivity index (χ1n) is 11.1. The lowest BCUT2D eigenvalue weighted by atomic mass is 9.89. The Balaban J connectivity index is 1.50. The molecule has 32 heavy (non-hydrogen) atoms. The Bertz CT molecular complexity index is 1280. The van der Waals surface area contributed by atoms with E-state index in [0.717, 1.165) is 40.1 Å². The molecule has 162 valence electrons. The first-order valence-corrected chi connectivity index (χ1v) is 12.0. The number of hydrogen-bond acceptors (Lipinski definition) is 6.